The second kappa shape index (κ2) is 8.91. The molecule has 0 aliphatic carbocycles. The van der Waals surface area contributed by atoms with E-state index in [1.165, 1.54) is 18.2 Å². The molecule has 0 bridgehead atoms. The number of aliphatic imine (C=N–C) groups is 1. The lowest BCUT2D eigenvalue weighted by Gasteiger charge is -2.12. The van der Waals surface area contributed by atoms with Gasteiger partial charge in [0.1, 0.15) is 5.82 Å². The number of benzene rings is 2. The highest BCUT2D eigenvalue weighted by Crippen LogP contribution is 2.19. The molecule has 0 aliphatic rings. The number of pyridine rings is 1. The van der Waals surface area contributed by atoms with Crippen molar-refractivity contribution in [2.75, 3.05) is 5.32 Å². The van der Waals surface area contributed by atoms with E-state index >= 15 is 0 Å². The van der Waals surface area contributed by atoms with Crippen molar-refractivity contribution in [1.82, 2.24) is 10.3 Å². The number of guanidine groups is 1. The van der Waals surface area contributed by atoms with Crippen LogP contribution in [0.25, 0.3) is 0 Å². The molecule has 3 rings (SSSR count). The van der Waals surface area contributed by atoms with Crippen LogP contribution in [0.4, 0.5) is 10.1 Å². The number of hydrogen-bond donors (Lipinski definition) is 2. The SMILES string of the molecule is O=C(NC(=NCc1cccnc1)Nc1ccc(F)c(Cl)c1)c1ccccc1. The van der Waals surface area contributed by atoms with E-state index in [9.17, 15) is 9.18 Å². The third-order valence-electron chi connectivity index (χ3n) is 3.59. The Hall–Kier alpha value is -3.25. The maximum Gasteiger partial charge on any atom is 0.257 e. The van der Waals surface area contributed by atoms with E-state index in [-0.39, 0.29) is 16.9 Å². The van der Waals surface area contributed by atoms with Gasteiger partial charge in [-0.25, -0.2) is 9.38 Å². The van der Waals surface area contributed by atoms with Gasteiger partial charge in [0.25, 0.3) is 5.91 Å². The normalized spacial score (nSPS) is 11.1. The molecule has 0 saturated carbocycles. The molecule has 0 atom stereocenters. The molecule has 0 saturated heterocycles. The van der Waals surface area contributed by atoms with Crippen LogP contribution in [-0.2, 0) is 6.54 Å². The zero-order valence-electron chi connectivity index (χ0n) is 14.2. The first-order valence-electron chi connectivity index (χ1n) is 8.13. The molecule has 7 heteroatoms. The molecule has 0 radical (unpaired) electrons. The summed E-state index contributed by atoms with van der Waals surface area (Å²) >= 11 is 5.82. The summed E-state index contributed by atoms with van der Waals surface area (Å²) in [5.74, 6) is -0.624. The number of carbonyl (C=O) groups excluding carboxylic acids is 1. The van der Waals surface area contributed by atoms with Gasteiger partial charge in [-0.15, -0.1) is 0 Å². The first kappa shape index (κ1) is 18.5. The van der Waals surface area contributed by atoms with Gasteiger partial charge in [0.15, 0.2) is 0 Å². The fourth-order valence-electron chi connectivity index (χ4n) is 2.25. The number of amides is 1. The van der Waals surface area contributed by atoms with Crippen LogP contribution in [-0.4, -0.2) is 16.9 Å². The van der Waals surface area contributed by atoms with Crippen molar-refractivity contribution in [1.29, 1.82) is 0 Å². The van der Waals surface area contributed by atoms with Crippen LogP contribution >= 0.6 is 11.6 Å². The zero-order chi connectivity index (χ0) is 19.1. The molecule has 1 aromatic heterocycles. The minimum Gasteiger partial charge on any atom is -0.326 e. The predicted molar refractivity (Wildman–Crippen MR) is 104 cm³/mol. The number of rotatable bonds is 4. The lowest BCUT2D eigenvalue weighted by molar-refractivity contribution is 0.0977. The van der Waals surface area contributed by atoms with Crippen molar-refractivity contribution in [3.8, 4) is 0 Å². The summed E-state index contributed by atoms with van der Waals surface area (Å²) in [5.41, 5.74) is 1.87. The Morgan fingerprint density at radius 2 is 1.93 bits per heavy atom. The maximum atomic E-state index is 13.4. The van der Waals surface area contributed by atoms with Crippen LogP contribution in [0.1, 0.15) is 15.9 Å². The van der Waals surface area contributed by atoms with Gasteiger partial charge < -0.3 is 5.32 Å². The molecule has 0 unspecified atom stereocenters. The number of anilines is 1. The third kappa shape index (κ3) is 5.36. The van der Waals surface area contributed by atoms with Crippen LogP contribution in [0.5, 0.6) is 0 Å². The smallest absolute Gasteiger partial charge is 0.257 e. The number of hydrogen-bond acceptors (Lipinski definition) is 3. The van der Waals surface area contributed by atoms with Crippen molar-refractivity contribution in [2.45, 2.75) is 6.54 Å². The Kier molecular flexibility index (Phi) is 6.12. The van der Waals surface area contributed by atoms with Crippen LogP contribution in [0.3, 0.4) is 0 Å². The first-order valence-corrected chi connectivity index (χ1v) is 8.51. The largest absolute Gasteiger partial charge is 0.326 e. The number of nitrogens with zero attached hydrogens (tertiary/aromatic N) is 2. The highest BCUT2D eigenvalue weighted by Gasteiger charge is 2.10. The average Bonchev–Trinajstić information content (AvgIpc) is 2.70. The highest BCUT2D eigenvalue weighted by atomic mass is 35.5. The summed E-state index contributed by atoms with van der Waals surface area (Å²) < 4.78 is 13.4. The standard InChI is InChI=1S/C20H16ClFN4O/c21-17-11-16(8-9-18(17)22)25-20(24-13-14-5-4-10-23-12-14)26-19(27)15-6-2-1-3-7-15/h1-12H,13H2,(H2,24,25,26,27). The van der Waals surface area contributed by atoms with Crippen LogP contribution in [0.15, 0.2) is 78.0 Å². The van der Waals surface area contributed by atoms with Crippen molar-refractivity contribution < 1.29 is 9.18 Å². The van der Waals surface area contributed by atoms with Gasteiger partial charge >= 0.3 is 0 Å². The summed E-state index contributed by atoms with van der Waals surface area (Å²) in [6.07, 6.45) is 3.36. The predicted octanol–water partition coefficient (Wildman–Crippen LogP) is 4.27. The maximum absolute atomic E-state index is 13.4. The monoisotopic (exact) mass is 382 g/mol. The van der Waals surface area contributed by atoms with Crippen LogP contribution in [0.2, 0.25) is 5.02 Å². The van der Waals surface area contributed by atoms with Gasteiger partial charge in [-0.3, -0.25) is 15.1 Å². The number of carbonyl (C=O) groups is 1. The van der Waals surface area contributed by atoms with Crippen molar-refractivity contribution in [3.05, 3.63) is 95.0 Å². The zero-order valence-corrected chi connectivity index (χ0v) is 14.9. The summed E-state index contributed by atoms with van der Waals surface area (Å²) in [6, 6.07) is 16.6. The Balaban J connectivity index is 1.81. The molecule has 2 aromatic carbocycles. The quantitative estimate of drug-likeness (QED) is 0.523. The Morgan fingerprint density at radius 1 is 1.11 bits per heavy atom. The third-order valence-corrected chi connectivity index (χ3v) is 3.88. The molecule has 1 amide bonds. The first-order chi connectivity index (χ1) is 13.1. The van der Waals surface area contributed by atoms with E-state index in [4.69, 9.17) is 11.6 Å². The topological polar surface area (TPSA) is 66.4 Å². The highest BCUT2D eigenvalue weighted by molar-refractivity contribution is 6.31. The molecular formula is C20H16ClFN4O. The molecule has 0 fully saturated rings. The molecule has 1 heterocycles. The summed E-state index contributed by atoms with van der Waals surface area (Å²) in [5, 5.41) is 5.67. The fourth-order valence-corrected chi connectivity index (χ4v) is 2.43. The average molecular weight is 383 g/mol. The summed E-state index contributed by atoms with van der Waals surface area (Å²) in [6.45, 7) is 0.306. The van der Waals surface area contributed by atoms with E-state index in [2.05, 4.69) is 20.6 Å². The molecule has 5 nitrogen and oxygen atoms in total. The van der Waals surface area contributed by atoms with Gasteiger partial charge in [0, 0.05) is 23.6 Å². The molecule has 3 aromatic rings. The van der Waals surface area contributed by atoms with Crippen LogP contribution < -0.4 is 10.6 Å². The minimum absolute atomic E-state index is 0.0269. The van der Waals surface area contributed by atoms with Gasteiger partial charge in [0.05, 0.1) is 11.6 Å². The van der Waals surface area contributed by atoms with E-state index < -0.39 is 5.82 Å². The van der Waals surface area contributed by atoms with Crippen molar-refractivity contribution in [3.63, 3.8) is 0 Å². The van der Waals surface area contributed by atoms with E-state index in [1.54, 1.807) is 42.7 Å². The van der Waals surface area contributed by atoms with Crippen LogP contribution in [0, 0.1) is 5.82 Å². The van der Waals surface area contributed by atoms with Crippen molar-refractivity contribution in [2.24, 2.45) is 4.99 Å². The minimum atomic E-state index is -0.524. The lowest BCUT2D eigenvalue weighted by Crippen LogP contribution is -2.36. The van der Waals surface area contributed by atoms with Crippen molar-refractivity contribution >= 4 is 29.2 Å². The van der Waals surface area contributed by atoms with E-state index in [0.717, 1.165) is 5.56 Å². The van der Waals surface area contributed by atoms with Gasteiger partial charge in [0.2, 0.25) is 5.96 Å². The molecule has 136 valence electrons. The van der Waals surface area contributed by atoms with Gasteiger partial charge in [-0.05, 0) is 42.0 Å². The molecule has 27 heavy (non-hydrogen) atoms. The second-order valence-corrected chi connectivity index (χ2v) is 6.01. The lowest BCUT2D eigenvalue weighted by atomic mass is 10.2. The number of halogens is 2. The number of aromatic nitrogens is 1. The number of nitrogens with one attached hydrogen (secondary N) is 2. The molecular weight excluding hydrogens is 367 g/mol. The molecule has 2 N–H and O–H groups in total. The second-order valence-electron chi connectivity index (χ2n) is 5.60. The molecule has 0 spiro atoms. The molecule has 0 aliphatic heterocycles. The Morgan fingerprint density at radius 3 is 2.63 bits per heavy atom. The fraction of sp³-hybridized carbons (Fsp3) is 0.0500. The van der Waals surface area contributed by atoms with E-state index in [1.807, 2.05) is 12.1 Å². The van der Waals surface area contributed by atoms with Gasteiger partial charge in [-0.1, -0.05) is 35.9 Å². The summed E-state index contributed by atoms with van der Waals surface area (Å²) in [7, 11) is 0. The van der Waals surface area contributed by atoms with Gasteiger partial charge in [-0.2, -0.15) is 0 Å². The van der Waals surface area contributed by atoms with E-state index in [0.29, 0.717) is 17.8 Å². The Labute approximate surface area is 160 Å². The Bertz CT molecular complexity index is 949. The summed E-state index contributed by atoms with van der Waals surface area (Å²) in [4.78, 5) is 20.9.